The minimum Gasteiger partial charge on any atom is -0.490 e. The Morgan fingerprint density at radius 3 is 2.49 bits per heavy atom. The van der Waals surface area contributed by atoms with Crippen molar-refractivity contribution in [3.8, 4) is 17.6 Å². The molecular formula is C30H27N3O5S. The molecule has 0 atom stereocenters. The Labute approximate surface area is 231 Å². The summed E-state index contributed by atoms with van der Waals surface area (Å²) in [5.74, 6) is -0.0423. The molecule has 8 nitrogen and oxygen atoms in total. The van der Waals surface area contributed by atoms with E-state index in [2.05, 4.69) is 11.4 Å². The molecule has 1 aliphatic heterocycles. The number of amides is 3. The van der Waals surface area contributed by atoms with E-state index in [-0.39, 0.29) is 18.1 Å². The van der Waals surface area contributed by atoms with Crippen LogP contribution in [0.3, 0.4) is 0 Å². The average Bonchev–Trinajstić information content (AvgIpc) is 3.15. The molecule has 0 saturated carbocycles. The van der Waals surface area contributed by atoms with Crippen molar-refractivity contribution in [3.63, 3.8) is 0 Å². The lowest BCUT2D eigenvalue weighted by molar-refractivity contribution is -0.127. The fourth-order valence-corrected chi connectivity index (χ4v) is 4.93. The Hall–Kier alpha value is -4.55. The molecule has 1 saturated heterocycles. The van der Waals surface area contributed by atoms with E-state index in [1.54, 1.807) is 36.4 Å². The third-order valence-electron chi connectivity index (χ3n) is 5.77. The second-order valence-electron chi connectivity index (χ2n) is 8.89. The Bertz CT molecular complexity index is 1490. The maximum Gasteiger partial charge on any atom is 0.294 e. The number of nitriles is 1. The number of hydrogen-bond donors (Lipinski definition) is 1. The van der Waals surface area contributed by atoms with E-state index in [9.17, 15) is 19.6 Å². The van der Waals surface area contributed by atoms with Crippen molar-refractivity contribution in [1.29, 1.82) is 5.26 Å². The minimum atomic E-state index is -0.535. The molecule has 1 aliphatic rings. The van der Waals surface area contributed by atoms with Gasteiger partial charge in [-0.15, -0.1) is 0 Å². The van der Waals surface area contributed by atoms with E-state index in [0.717, 1.165) is 33.4 Å². The molecule has 198 valence electrons. The van der Waals surface area contributed by atoms with Crippen LogP contribution < -0.4 is 14.8 Å². The summed E-state index contributed by atoms with van der Waals surface area (Å²) in [7, 11) is 0. The average molecular weight is 542 g/mol. The topological polar surface area (TPSA) is 109 Å². The van der Waals surface area contributed by atoms with Gasteiger partial charge in [-0.3, -0.25) is 19.3 Å². The van der Waals surface area contributed by atoms with Crippen LogP contribution in [0.4, 0.5) is 10.5 Å². The number of nitrogens with zero attached hydrogens (tertiary/aromatic N) is 2. The predicted octanol–water partition coefficient (Wildman–Crippen LogP) is 5.83. The highest BCUT2D eigenvalue weighted by molar-refractivity contribution is 8.18. The molecule has 0 unspecified atom stereocenters. The quantitative estimate of drug-likeness (QED) is 0.340. The predicted molar refractivity (Wildman–Crippen MR) is 150 cm³/mol. The molecule has 0 radical (unpaired) electrons. The molecule has 3 aromatic carbocycles. The van der Waals surface area contributed by atoms with E-state index in [0.29, 0.717) is 34.9 Å². The number of carbonyl (C=O) groups excluding carboxylic acids is 3. The second-order valence-corrected chi connectivity index (χ2v) is 9.88. The van der Waals surface area contributed by atoms with Crippen molar-refractivity contribution in [2.45, 2.75) is 27.4 Å². The standard InChI is InChI=1S/C30H27N3O5S/c1-4-37-26-14-21(9-10-25(26)38-18-23-8-6-5-7-22(23)16-31)15-27-29(35)33(30(36)39-27)17-28(34)32-24-12-19(2)11-20(3)13-24/h5-15H,4,17-18H2,1-3H3,(H,32,34)/b27-15+. The van der Waals surface area contributed by atoms with Gasteiger partial charge in [0.25, 0.3) is 11.1 Å². The molecule has 3 aromatic rings. The highest BCUT2D eigenvalue weighted by Gasteiger charge is 2.36. The second kappa shape index (κ2) is 12.3. The van der Waals surface area contributed by atoms with Crippen LogP contribution in [-0.2, 0) is 16.2 Å². The summed E-state index contributed by atoms with van der Waals surface area (Å²) >= 11 is 0.781. The van der Waals surface area contributed by atoms with Gasteiger partial charge < -0.3 is 14.8 Å². The van der Waals surface area contributed by atoms with E-state index >= 15 is 0 Å². The fraction of sp³-hybridized carbons (Fsp3) is 0.200. The molecule has 1 N–H and O–H groups in total. The van der Waals surface area contributed by atoms with Crippen LogP contribution in [-0.4, -0.2) is 35.1 Å². The van der Waals surface area contributed by atoms with E-state index in [4.69, 9.17) is 9.47 Å². The third kappa shape index (κ3) is 6.86. The number of carbonyl (C=O) groups is 3. The molecule has 1 fully saturated rings. The van der Waals surface area contributed by atoms with E-state index in [1.165, 1.54) is 0 Å². The number of thioether (sulfide) groups is 1. The van der Waals surface area contributed by atoms with Crippen LogP contribution in [0.15, 0.2) is 65.6 Å². The lowest BCUT2D eigenvalue weighted by atomic mass is 10.1. The zero-order chi connectivity index (χ0) is 27.9. The number of anilines is 1. The molecule has 9 heteroatoms. The molecule has 39 heavy (non-hydrogen) atoms. The Balaban J connectivity index is 1.46. The van der Waals surface area contributed by atoms with Crippen molar-refractivity contribution < 1.29 is 23.9 Å². The van der Waals surface area contributed by atoms with Crippen molar-refractivity contribution in [2.24, 2.45) is 0 Å². The Morgan fingerprint density at radius 1 is 1.03 bits per heavy atom. The van der Waals surface area contributed by atoms with Gasteiger partial charge in [0, 0.05) is 11.3 Å². The first kappa shape index (κ1) is 27.5. The zero-order valence-corrected chi connectivity index (χ0v) is 22.6. The van der Waals surface area contributed by atoms with Crippen molar-refractivity contribution in [2.75, 3.05) is 18.5 Å². The summed E-state index contributed by atoms with van der Waals surface area (Å²) in [5, 5.41) is 11.5. The maximum absolute atomic E-state index is 13.0. The summed E-state index contributed by atoms with van der Waals surface area (Å²) in [6, 6.07) is 20.1. The molecule has 0 spiro atoms. The van der Waals surface area contributed by atoms with Crippen LogP contribution >= 0.6 is 11.8 Å². The van der Waals surface area contributed by atoms with Gasteiger partial charge in [0.05, 0.1) is 23.1 Å². The molecule has 0 bridgehead atoms. The normalized spacial score (nSPS) is 13.9. The number of benzene rings is 3. The number of rotatable bonds is 9. The van der Waals surface area contributed by atoms with Crippen LogP contribution in [0.5, 0.6) is 11.5 Å². The first-order valence-electron chi connectivity index (χ1n) is 12.3. The van der Waals surface area contributed by atoms with Gasteiger partial charge in [0.2, 0.25) is 5.91 Å². The number of ether oxygens (including phenoxy) is 2. The smallest absolute Gasteiger partial charge is 0.294 e. The fourth-order valence-electron chi connectivity index (χ4n) is 4.09. The van der Waals surface area contributed by atoms with Crippen LogP contribution in [0.25, 0.3) is 6.08 Å². The summed E-state index contributed by atoms with van der Waals surface area (Å²) in [4.78, 5) is 39.2. The molecular weight excluding hydrogens is 514 g/mol. The molecule has 1 heterocycles. The van der Waals surface area contributed by atoms with Crippen molar-refractivity contribution >= 4 is 40.6 Å². The minimum absolute atomic E-state index is 0.187. The molecule has 0 aromatic heterocycles. The van der Waals surface area contributed by atoms with Gasteiger partial charge >= 0.3 is 0 Å². The Kier molecular flexibility index (Phi) is 8.69. The van der Waals surface area contributed by atoms with E-state index < -0.39 is 17.1 Å². The SMILES string of the molecule is CCOc1cc(/C=C2/SC(=O)N(CC(=O)Nc3cc(C)cc(C)c3)C2=O)ccc1OCc1ccccc1C#N. The highest BCUT2D eigenvalue weighted by atomic mass is 32.2. The van der Waals surface area contributed by atoms with Crippen LogP contribution in [0.1, 0.15) is 34.7 Å². The summed E-state index contributed by atoms with van der Waals surface area (Å²) in [6.45, 7) is 5.89. The van der Waals surface area contributed by atoms with Gasteiger partial charge in [0.1, 0.15) is 13.2 Å². The lowest BCUT2D eigenvalue weighted by Crippen LogP contribution is -2.36. The van der Waals surface area contributed by atoms with E-state index in [1.807, 2.05) is 51.1 Å². The van der Waals surface area contributed by atoms with Gasteiger partial charge in [-0.05, 0) is 85.6 Å². The highest BCUT2D eigenvalue weighted by Crippen LogP contribution is 2.35. The monoisotopic (exact) mass is 541 g/mol. The first-order chi connectivity index (χ1) is 18.8. The van der Waals surface area contributed by atoms with Gasteiger partial charge in [-0.1, -0.05) is 30.3 Å². The number of hydrogen-bond acceptors (Lipinski definition) is 7. The number of aryl methyl sites for hydroxylation is 2. The third-order valence-corrected chi connectivity index (χ3v) is 6.67. The lowest BCUT2D eigenvalue weighted by Gasteiger charge is -2.14. The summed E-state index contributed by atoms with van der Waals surface area (Å²) in [6.07, 6.45) is 1.59. The van der Waals surface area contributed by atoms with Crippen LogP contribution in [0, 0.1) is 25.2 Å². The van der Waals surface area contributed by atoms with Gasteiger partial charge in [0.15, 0.2) is 11.5 Å². The number of nitrogens with one attached hydrogen (secondary N) is 1. The summed E-state index contributed by atoms with van der Waals surface area (Å²) < 4.78 is 11.7. The molecule has 3 amide bonds. The maximum atomic E-state index is 13.0. The van der Waals surface area contributed by atoms with Crippen LogP contribution in [0.2, 0.25) is 0 Å². The molecule has 0 aliphatic carbocycles. The summed E-state index contributed by atoms with van der Waals surface area (Å²) in [5.41, 5.74) is 4.52. The first-order valence-corrected chi connectivity index (χ1v) is 13.1. The Morgan fingerprint density at radius 2 is 1.77 bits per heavy atom. The van der Waals surface area contributed by atoms with Gasteiger partial charge in [-0.2, -0.15) is 5.26 Å². The molecule has 4 rings (SSSR count). The van der Waals surface area contributed by atoms with Crippen molar-refractivity contribution in [1.82, 2.24) is 4.90 Å². The largest absolute Gasteiger partial charge is 0.490 e. The van der Waals surface area contributed by atoms with Crippen molar-refractivity contribution in [3.05, 3.63) is 93.4 Å². The van der Waals surface area contributed by atoms with Gasteiger partial charge in [-0.25, -0.2) is 0 Å². The zero-order valence-electron chi connectivity index (χ0n) is 21.8. The number of imide groups is 1.